The second-order valence-corrected chi connectivity index (χ2v) is 5.25. The SMILES string of the molecule is Cc1cc(CBr)cc(C(C)(C)C)c1O. The van der Waals surface area contributed by atoms with Gasteiger partial charge in [0, 0.05) is 5.33 Å². The van der Waals surface area contributed by atoms with Crippen LogP contribution in [-0.4, -0.2) is 5.11 Å². The molecule has 0 aromatic heterocycles. The molecule has 0 bridgehead atoms. The molecule has 1 rings (SSSR count). The molecule has 78 valence electrons. The van der Waals surface area contributed by atoms with Crippen LogP contribution in [0.5, 0.6) is 5.75 Å². The van der Waals surface area contributed by atoms with Crippen molar-refractivity contribution in [3.63, 3.8) is 0 Å². The molecule has 0 saturated carbocycles. The van der Waals surface area contributed by atoms with Gasteiger partial charge in [0.1, 0.15) is 5.75 Å². The molecule has 1 aromatic rings. The molecular formula is C12H17BrO. The summed E-state index contributed by atoms with van der Waals surface area (Å²) in [4.78, 5) is 0. The zero-order valence-corrected chi connectivity index (χ0v) is 10.8. The summed E-state index contributed by atoms with van der Waals surface area (Å²) in [6.07, 6.45) is 0. The Balaban J connectivity index is 3.35. The molecular weight excluding hydrogens is 240 g/mol. The fourth-order valence-corrected chi connectivity index (χ4v) is 1.83. The Labute approximate surface area is 94.3 Å². The Morgan fingerprint density at radius 3 is 2.29 bits per heavy atom. The quantitative estimate of drug-likeness (QED) is 0.756. The third-order valence-corrected chi connectivity index (χ3v) is 2.97. The van der Waals surface area contributed by atoms with Crippen molar-refractivity contribution in [3.05, 3.63) is 28.8 Å². The molecule has 2 heteroatoms. The number of benzene rings is 1. The van der Waals surface area contributed by atoms with Gasteiger partial charge in [0.25, 0.3) is 0 Å². The summed E-state index contributed by atoms with van der Waals surface area (Å²) >= 11 is 3.44. The molecule has 0 aliphatic carbocycles. The number of halogens is 1. The molecule has 1 N–H and O–H groups in total. The van der Waals surface area contributed by atoms with E-state index in [1.165, 1.54) is 5.56 Å². The largest absolute Gasteiger partial charge is 0.507 e. The fraction of sp³-hybridized carbons (Fsp3) is 0.500. The molecule has 1 aromatic carbocycles. The van der Waals surface area contributed by atoms with E-state index >= 15 is 0 Å². The maximum absolute atomic E-state index is 9.94. The predicted octanol–water partition coefficient (Wildman–Crippen LogP) is 3.89. The molecule has 14 heavy (non-hydrogen) atoms. The van der Waals surface area contributed by atoms with Crippen molar-refractivity contribution in [2.45, 2.75) is 38.4 Å². The van der Waals surface area contributed by atoms with Crippen molar-refractivity contribution >= 4 is 15.9 Å². The zero-order chi connectivity index (χ0) is 10.9. The molecule has 0 spiro atoms. The standard InChI is InChI=1S/C12H17BrO/c1-8-5-9(7-13)6-10(11(8)14)12(2,3)4/h5-6,14H,7H2,1-4H3. The topological polar surface area (TPSA) is 20.2 Å². The van der Waals surface area contributed by atoms with Crippen molar-refractivity contribution in [2.24, 2.45) is 0 Å². The highest BCUT2D eigenvalue weighted by atomic mass is 79.9. The first-order valence-electron chi connectivity index (χ1n) is 4.75. The summed E-state index contributed by atoms with van der Waals surface area (Å²) in [6, 6.07) is 4.08. The Morgan fingerprint density at radius 1 is 1.29 bits per heavy atom. The summed E-state index contributed by atoms with van der Waals surface area (Å²) in [5.74, 6) is 0.433. The van der Waals surface area contributed by atoms with E-state index in [0.717, 1.165) is 16.5 Å². The van der Waals surface area contributed by atoms with Gasteiger partial charge < -0.3 is 5.11 Å². The lowest BCUT2D eigenvalue weighted by Crippen LogP contribution is -2.12. The van der Waals surface area contributed by atoms with Crippen molar-refractivity contribution in [1.82, 2.24) is 0 Å². The van der Waals surface area contributed by atoms with E-state index in [1.54, 1.807) is 0 Å². The lowest BCUT2D eigenvalue weighted by Gasteiger charge is -2.22. The van der Waals surface area contributed by atoms with Gasteiger partial charge in [0.05, 0.1) is 0 Å². The first-order valence-corrected chi connectivity index (χ1v) is 5.87. The molecule has 0 heterocycles. The number of aromatic hydroxyl groups is 1. The minimum atomic E-state index is -0.00692. The van der Waals surface area contributed by atoms with Gasteiger partial charge in [-0.2, -0.15) is 0 Å². The van der Waals surface area contributed by atoms with Gasteiger partial charge >= 0.3 is 0 Å². The number of phenols is 1. The van der Waals surface area contributed by atoms with Gasteiger partial charge in [0.2, 0.25) is 0 Å². The second kappa shape index (κ2) is 3.93. The highest BCUT2D eigenvalue weighted by molar-refractivity contribution is 9.08. The van der Waals surface area contributed by atoms with Gasteiger partial charge in [-0.1, -0.05) is 48.8 Å². The summed E-state index contributed by atoms with van der Waals surface area (Å²) < 4.78 is 0. The number of alkyl halides is 1. The smallest absolute Gasteiger partial charge is 0.122 e. The lowest BCUT2D eigenvalue weighted by molar-refractivity contribution is 0.442. The fourth-order valence-electron chi connectivity index (χ4n) is 1.50. The Morgan fingerprint density at radius 2 is 1.86 bits per heavy atom. The molecule has 0 radical (unpaired) electrons. The Hall–Kier alpha value is -0.500. The summed E-state index contributed by atoms with van der Waals surface area (Å²) in [6.45, 7) is 8.27. The summed E-state index contributed by atoms with van der Waals surface area (Å²) in [5.41, 5.74) is 3.18. The van der Waals surface area contributed by atoms with E-state index in [2.05, 4.69) is 42.8 Å². The van der Waals surface area contributed by atoms with Crippen LogP contribution < -0.4 is 0 Å². The van der Waals surface area contributed by atoms with Crippen molar-refractivity contribution < 1.29 is 5.11 Å². The monoisotopic (exact) mass is 256 g/mol. The predicted molar refractivity (Wildman–Crippen MR) is 64.2 cm³/mol. The van der Waals surface area contributed by atoms with Crippen LogP contribution in [0.25, 0.3) is 0 Å². The van der Waals surface area contributed by atoms with Gasteiger partial charge in [-0.15, -0.1) is 0 Å². The summed E-state index contributed by atoms with van der Waals surface area (Å²) in [7, 11) is 0. The molecule has 0 aliphatic rings. The number of hydrogen-bond acceptors (Lipinski definition) is 1. The van der Waals surface area contributed by atoms with Crippen LogP contribution in [0.2, 0.25) is 0 Å². The van der Waals surface area contributed by atoms with Crippen LogP contribution in [-0.2, 0) is 10.7 Å². The van der Waals surface area contributed by atoms with Crippen LogP contribution >= 0.6 is 15.9 Å². The molecule has 0 amide bonds. The van der Waals surface area contributed by atoms with E-state index in [9.17, 15) is 5.11 Å². The Bertz CT molecular complexity index is 337. The van der Waals surface area contributed by atoms with Crippen molar-refractivity contribution in [1.29, 1.82) is 0 Å². The van der Waals surface area contributed by atoms with Gasteiger partial charge in [-0.3, -0.25) is 0 Å². The highest BCUT2D eigenvalue weighted by Gasteiger charge is 2.19. The maximum atomic E-state index is 9.94. The van der Waals surface area contributed by atoms with Crippen LogP contribution in [0.15, 0.2) is 12.1 Å². The van der Waals surface area contributed by atoms with E-state index in [1.807, 2.05) is 13.0 Å². The van der Waals surface area contributed by atoms with Gasteiger partial charge in [-0.05, 0) is 29.0 Å². The zero-order valence-electron chi connectivity index (χ0n) is 9.19. The number of rotatable bonds is 1. The van der Waals surface area contributed by atoms with Gasteiger partial charge in [0.15, 0.2) is 0 Å². The molecule has 0 atom stereocenters. The third kappa shape index (κ3) is 2.30. The molecule has 0 saturated heterocycles. The molecule has 1 nitrogen and oxygen atoms in total. The second-order valence-electron chi connectivity index (χ2n) is 4.69. The number of phenolic OH excluding ortho intramolecular Hbond substituents is 1. The van der Waals surface area contributed by atoms with E-state index < -0.39 is 0 Å². The lowest BCUT2D eigenvalue weighted by atomic mass is 9.84. The van der Waals surface area contributed by atoms with Crippen LogP contribution in [0.1, 0.15) is 37.5 Å². The van der Waals surface area contributed by atoms with Crippen LogP contribution in [0, 0.1) is 6.92 Å². The van der Waals surface area contributed by atoms with Crippen molar-refractivity contribution in [2.75, 3.05) is 0 Å². The van der Waals surface area contributed by atoms with Crippen molar-refractivity contribution in [3.8, 4) is 5.75 Å². The maximum Gasteiger partial charge on any atom is 0.122 e. The first kappa shape index (κ1) is 11.6. The summed E-state index contributed by atoms with van der Waals surface area (Å²) in [5, 5.41) is 10.8. The first-order chi connectivity index (χ1) is 6.36. The minimum absolute atomic E-state index is 0.00692. The van der Waals surface area contributed by atoms with Crippen LogP contribution in [0.3, 0.4) is 0 Å². The molecule has 0 unspecified atom stereocenters. The Kier molecular flexibility index (Phi) is 3.25. The highest BCUT2D eigenvalue weighted by Crippen LogP contribution is 2.34. The third-order valence-electron chi connectivity index (χ3n) is 2.32. The average Bonchev–Trinajstić information content (AvgIpc) is 2.07. The minimum Gasteiger partial charge on any atom is -0.507 e. The van der Waals surface area contributed by atoms with E-state index in [0.29, 0.717) is 5.75 Å². The average molecular weight is 257 g/mol. The van der Waals surface area contributed by atoms with Gasteiger partial charge in [-0.25, -0.2) is 0 Å². The van der Waals surface area contributed by atoms with E-state index in [4.69, 9.17) is 0 Å². The molecule has 0 aliphatic heterocycles. The van der Waals surface area contributed by atoms with Crippen LogP contribution in [0.4, 0.5) is 0 Å². The van der Waals surface area contributed by atoms with E-state index in [-0.39, 0.29) is 5.41 Å². The number of aryl methyl sites for hydroxylation is 1. The number of hydrogen-bond donors (Lipinski definition) is 1. The normalized spacial score (nSPS) is 11.8. The molecule has 0 fully saturated rings.